The molecule has 0 atom stereocenters. The second-order valence-corrected chi connectivity index (χ2v) is 5.30. The highest BCUT2D eigenvalue weighted by Crippen LogP contribution is 2.44. The molecule has 0 amide bonds. The molecule has 4 heteroatoms. The van der Waals surface area contributed by atoms with Crippen LogP contribution in [0.1, 0.15) is 41.0 Å². The van der Waals surface area contributed by atoms with Gasteiger partial charge in [0.15, 0.2) is 5.78 Å². The van der Waals surface area contributed by atoms with Gasteiger partial charge in [0.25, 0.3) is 0 Å². The number of pyridine rings is 1. The van der Waals surface area contributed by atoms with Crippen molar-refractivity contribution in [3.05, 3.63) is 35.1 Å². The second-order valence-electron chi connectivity index (χ2n) is 4.31. The normalized spacial score (nSPS) is 14.9. The van der Waals surface area contributed by atoms with Gasteiger partial charge in [-0.3, -0.25) is 9.78 Å². The number of nitrogens with zero attached hydrogens (tertiary/aromatic N) is 2. The first kappa shape index (κ1) is 10.6. The highest BCUT2D eigenvalue weighted by Gasteiger charge is 2.31. The lowest BCUT2D eigenvalue weighted by atomic mass is 10.2. The minimum absolute atomic E-state index is 0.125. The molecule has 1 aliphatic rings. The third-order valence-electron chi connectivity index (χ3n) is 2.85. The van der Waals surface area contributed by atoms with Crippen molar-refractivity contribution in [2.75, 3.05) is 0 Å². The SMILES string of the molecule is CC(=O)c1sc(-c2cccnc2)nc1C1CC1. The van der Waals surface area contributed by atoms with E-state index < -0.39 is 0 Å². The molecule has 3 rings (SSSR count). The van der Waals surface area contributed by atoms with Gasteiger partial charge in [0, 0.05) is 30.8 Å². The third kappa shape index (κ3) is 2.00. The predicted molar refractivity (Wildman–Crippen MR) is 67.3 cm³/mol. The zero-order chi connectivity index (χ0) is 11.8. The Balaban J connectivity index is 2.07. The van der Waals surface area contributed by atoms with E-state index in [-0.39, 0.29) is 5.78 Å². The Labute approximate surface area is 104 Å². The predicted octanol–water partition coefficient (Wildman–Crippen LogP) is 3.29. The molecule has 2 aromatic rings. The Kier molecular flexibility index (Phi) is 2.52. The fourth-order valence-electron chi connectivity index (χ4n) is 1.83. The number of rotatable bonds is 3. The van der Waals surface area contributed by atoms with Crippen molar-refractivity contribution in [1.82, 2.24) is 9.97 Å². The Morgan fingerprint density at radius 2 is 2.29 bits per heavy atom. The van der Waals surface area contributed by atoms with Gasteiger partial charge in [-0.05, 0) is 25.0 Å². The molecule has 0 aromatic carbocycles. The molecule has 0 spiro atoms. The van der Waals surface area contributed by atoms with Gasteiger partial charge in [-0.15, -0.1) is 11.3 Å². The molecule has 0 aliphatic heterocycles. The number of carbonyl (C=O) groups is 1. The monoisotopic (exact) mass is 244 g/mol. The van der Waals surface area contributed by atoms with Crippen LogP contribution in [-0.4, -0.2) is 15.8 Å². The van der Waals surface area contributed by atoms with Crippen LogP contribution in [0, 0.1) is 0 Å². The first-order valence-corrected chi connectivity index (χ1v) is 6.49. The van der Waals surface area contributed by atoms with Gasteiger partial charge in [-0.25, -0.2) is 4.98 Å². The molecule has 3 nitrogen and oxygen atoms in total. The summed E-state index contributed by atoms with van der Waals surface area (Å²) >= 11 is 1.49. The Morgan fingerprint density at radius 3 is 2.88 bits per heavy atom. The molecular formula is C13H12N2OS. The number of Topliss-reactive ketones (excluding diaryl/α,β-unsaturated/α-hetero) is 1. The van der Waals surface area contributed by atoms with Gasteiger partial charge in [0.1, 0.15) is 5.01 Å². The molecule has 0 unspecified atom stereocenters. The lowest BCUT2D eigenvalue weighted by Gasteiger charge is -1.93. The fourth-order valence-corrected chi connectivity index (χ4v) is 2.87. The molecule has 0 saturated heterocycles. The average Bonchev–Trinajstić information content (AvgIpc) is 3.09. The zero-order valence-electron chi connectivity index (χ0n) is 9.51. The summed E-state index contributed by atoms with van der Waals surface area (Å²) in [5.74, 6) is 0.634. The maximum atomic E-state index is 11.6. The van der Waals surface area contributed by atoms with Crippen molar-refractivity contribution in [3.8, 4) is 10.6 Å². The van der Waals surface area contributed by atoms with Crippen LogP contribution in [0.3, 0.4) is 0 Å². The Bertz CT molecular complexity index is 558. The van der Waals surface area contributed by atoms with Gasteiger partial charge in [-0.2, -0.15) is 0 Å². The summed E-state index contributed by atoms with van der Waals surface area (Å²) in [6, 6.07) is 3.87. The fraction of sp³-hybridized carbons (Fsp3) is 0.308. The van der Waals surface area contributed by atoms with Gasteiger partial charge in [-0.1, -0.05) is 0 Å². The number of hydrogen-bond donors (Lipinski definition) is 0. The van der Waals surface area contributed by atoms with Gasteiger partial charge >= 0.3 is 0 Å². The minimum atomic E-state index is 0.125. The van der Waals surface area contributed by atoms with E-state index in [4.69, 9.17) is 0 Å². The summed E-state index contributed by atoms with van der Waals surface area (Å²) in [4.78, 5) is 21.1. The largest absolute Gasteiger partial charge is 0.294 e. The molecular weight excluding hydrogens is 232 g/mol. The highest BCUT2D eigenvalue weighted by atomic mass is 32.1. The first-order valence-electron chi connectivity index (χ1n) is 5.68. The zero-order valence-corrected chi connectivity index (χ0v) is 10.3. The number of aromatic nitrogens is 2. The van der Waals surface area contributed by atoms with E-state index >= 15 is 0 Å². The number of thiazole rings is 1. The topological polar surface area (TPSA) is 42.9 Å². The van der Waals surface area contributed by atoms with Gasteiger partial charge in [0.05, 0.1) is 10.6 Å². The third-order valence-corrected chi connectivity index (χ3v) is 4.07. The van der Waals surface area contributed by atoms with Crippen LogP contribution < -0.4 is 0 Å². The molecule has 1 saturated carbocycles. The van der Waals surface area contributed by atoms with Crippen LogP contribution in [0.4, 0.5) is 0 Å². The molecule has 17 heavy (non-hydrogen) atoms. The summed E-state index contributed by atoms with van der Waals surface area (Å²) in [7, 11) is 0. The van der Waals surface area contributed by atoms with E-state index in [0.717, 1.165) is 34.0 Å². The lowest BCUT2D eigenvalue weighted by Crippen LogP contribution is -1.93. The molecule has 1 fully saturated rings. The van der Waals surface area contributed by atoms with E-state index in [9.17, 15) is 4.79 Å². The molecule has 0 bridgehead atoms. The van der Waals surface area contributed by atoms with Crippen molar-refractivity contribution < 1.29 is 4.79 Å². The van der Waals surface area contributed by atoms with Crippen LogP contribution >= 0.6 is 11.3 Å². The van der Waals surface area contributed by atoms with Gasteiger partial charge in [0.2, 0.25) is 0 Å². The Morgan fingerprint density at radius 1 is 1.47 bits per heavy atom. The quantitative estimate of drug-likeness (QED) is 0.778. The maximum absolute atomic E-state index is 11.6. The van der Waals surface area contributed by atoms with Crippen molar-refractivity contribution >= 4 is 17.1 Å². The molecule has 2 aromatic heterocycles. The van der Waals surface area contributed by atoms with Gasteiger partial charge < -0.3 is 0 Å². The van der Waals surface area contributed by atoms with Crippen LogP contribution in [0.5, 0.6) is 0 Å². The molecule has 1 aliphatic carbocycles. The first-order chi connectivity index (χ1) is 8.25. The van der Waals surface area contributed by atoms with Crippen molar-refractivity contribution in [2.24, 2.45) is 0 Å². The van der Waals surface area contributed by atoms with Crippen LogP contribution in [0.15, 0.2) is 24.5 Å². The van der Waals surface area contributed by atoms with Crippen molar-refractivity contribution in [2.45, 2.75) is 25.7 Å². The molecule has 0 radical (unpaired) electrons. The summed E-state index contributed by atoms with van der Waals surface area (Å²) < 4.78 is 0. The summed E-state index contributed by atoms with van der Waals surface area (Å²) in [6.45, 7) is 1.62. The average molecular weight is 244 g/mol. The summed E-state index contributed by atoms with van der Waals surface area (Å²) in [5, 5.41) is 0.908. The minimum Gasteiger partial charge on any atom is -0.294 e. The molecule has 86 valence electrons. The molecule has 2 heterocycles. The van der Waals surface area contributed by atoms with Crippen LogP contribution in [0.25, 0.3) is 10.6 Å². The van der Waals surface area contributed by atoms with Crippen molar-refractivity contribution in [3.63, 3.8) is 0 Å². The number of ketones is 1. The van der Waals surface area contributed by atoms with E-state index in [1.807, 2.05) is 12.1 Å². The van der Waals surface area contributed by atoms with E-state index in [1.165, 1.54) is 11.3 Å². The van der Waals surface area contributed by atoms with E-state index in [2.05, 4.69) is 9.97 Å². The molecule has 0 N–H and O–H groups in total. The van der Waals surface area contributed by atoms with E-state index in [1.54, 1.807) is 19.3 Å². The summed E-state index contributed by atoms with van der Waals surface area (Å²) in [6.07, 6.45) is 5.86. The van der Waals surface area contributed by atoms with E-state index in [0.29, 0.717) is 5.92 Å². The van der Waals surface area contributed by atoms with Crippen LogP contribution in [-0.2, 0) is 0 Å². The standard InChI is InChI=1S/C13H12N2OS/c1-8(16)12-11(9-4-5-9)15-13(17-12)10-3-2-6-14-7-10/h2-3,6-7,9H,4-5H2,1H3. The smallest absolute Gasteiger partial charge is 0.171 e. The van der Waals surface area contributed by atoms with Crippen LogP contribution in [0.2, 0.25) is 0 Å². The number of carbonyl (C=O) groups excluding carboxylic acids is 1. The number of hydrogen-bond acceptors (Lipinski definition) is 4. The Hall–Kier alpha value is -1.55. The summed E-state index contributed by atoms with van der Waals surface area (Å²) in [5.41, 5.74) is 1.99. The highest BCUT2D eigenvalue weighted by molar-refractivity contribution is 7.17. The second kappa shape index (κ2) is 4.04. The lowest BCUT2D eigenvalue weighted by molar-refractivity contribution is 0.102. The van der Waals surface area contributed by atoms with Crippen molar-refractivity contribution in [1.29, 1.82) is 0 Å². The maximum Gasteiger partial charge on any atom is 0.171 e.